The minimum absolute atomic E-state index is 0.0972. The van der Waals surface area contributed by atoms with E-state index in [0.29, 0.717) is 50.9 Å². The lowest BCUT2D eigenvalue weighted by atomic mass is 9.58. The van der Waals surface area contributed by atoms with E-state index in [2.05, 4.69) is 5.32 Å². The van der Waals surface area contributed by atoms with Gasteiger partial charge in [-0.25, -0.2) is 0 Å². The highest BCUT2D eigenvalue weighted by Crippen LogP contribution is 2.53. The third-order valence-corrected chi connectivity index (χ3v) is 13.6. The Bertz CT molecular complexity index is 1320. The van der Waals surface area contributed by atoms with Crippen LogP contribution in [0.4, 0.5) is 0 Å². The molecule has 0 aromatic carbocycles. The minimum Gasteiger partial charge on any atom is -0.512 e. The fraction of sp³-hybridized carbons (Fsp3) is 0.838. The van der Waals surface area contributed by atoms with E-state index >= 15 is 0 Å². The summed E-state index contributed by atoms with van der Waals surface area (Å²) in [6.45, 7) is 0.309. The highest BCUT2D eigenvalue weighted by molar-refractivity contribution is 6.02. The van der Waals surface area contributed by atoms with Gasteiger partial charge in [0.15, 0.2) is 12.1 Å². The normalized spacial score (nSPS) is 48.7. The van der Waals surface area contributed by atoms with Crippen molar-refractivity contribution >= 4 is 11.6 Å². The van der Waals surface area contributed by atoms with E-state index in [1.54, 1.807) is 6.08 Å². The fourth-order valence-electron chi connectivity index (χ4n) is 11.0. The molecular formula is C37H56N2O10. The Kier molecular flexibility index (Phi) is 10.2. The van der Waals surface area contributed by atoms with Gasteiger partial charge in [0.1, 0.15) is 35.0 Å². The molecule has 15 atom stereocenters. The second-order valence-corrected chi connectivity index (χ2v) is 16.5. The maximum absolute atomic E-state index is 14.3. The van der Waals surface area contributed by atoms with E-state index in [-0.39, 0.29) is 48.4 Å². The summed E-state index contributed by atoms with van der Waals surface area (Å²) < 4.78 is 12.6. The van der Waals surface area contributed by atoms with Gasteiger partial charge >= 0.3 is 0 Å². The van der Waals surface area contributed by atoms with Gasteiger partial charge in [0.25, 0.3) is 0 Å². The van der Waals surface area contributed by atoms with Gasteiger partial charge < -0.3 is 51.2 Å². The number of rotatable bonds is 8. The van der Waals surface area contributed by atoms with Crippen LogP contribution in [-0.4, -0.2) is 104 Å². The maximum Gasteiger partial charge on any atom is 0.187 e. The molecule has 0 amide bonds. The third kappa shape index (κ3) is 6.27. The average Bonchev–Trinajstić information content (AvgIpc) is 3.09. The zero-order valence-electron chi connectivity index (χ0n) is 28.4. The summed E-state index contributed by atoms with van der Waals surface area (Å²) in [6.07, 6.45) is 6.74. The van der Waals surface area contributed by atoms with Crippen molar-refractivity contribution in [3.05, 3.63) is 23.5 Å². The van der Waals surface area contributed by atoms with Crippen molar-refractivity contribution < 1.29 is 49.7 Å². The molecule has 6 fully saturated rings. The number of piperidine rings is 1. The highest BCUT2D eigenvalue weighted by atomic mass is 16.7. The van der Waals surface area contributed by atoms with Crippen LogP contribution in [0, 0.1) is 47.3 Å². The number of ketones is 2. The molecule has 274 valence electrons. The summed E-state index contributed by atoms with van der Waals surface area (Å²) in [6, 6.07) is 0. The van der Waals surface area contributed by atoms with Crippen molar-refractivity contribution in [1.82, 2.24) is 5.32 Å². The van der Waals surface area contributed by atoms with Gasteiger partial charge in [-0.1, -0.05) is 25.3 Å². The first-order valence-electron chi connectivity index (χ1n) is 18.8. The molecule has 0 aromatic heterocycles. The Morgan fingerprint density at radius 1 is 0.980 bits per heavy atom. The van der Waals surface area contributed by atoms with E-state index in [9.17, 15) is 40.2 Å². The Hall–Kier alpha value is -1.74. The molecular weight excluding hydrogens is 632 g/mol. The standard InChI is InChI=1S/C37H56N2O10/c38-28-16-20(8-10-39-28)13-23-7-9-36(18-41)35(46)37(23,47)33(45)34(49-36)48-27-6-2-5-24-30(27)32(44)29-25(31(24)43)14-22(15-26(29)42)12-19-3-1-4-21(11-19)17-40/h14-15,19-21,23-25,27-30,33-35,39-42,45-47H,1-13,16-18,38H2/t19?,20?,21?,23-,24?,25+,27?,28?,29-,30?,33-,34-,35+,36+,37-/m0/s1. The number of hydrogen-bond acceptors (Lipinski definition) is 12. The quantitative estimate of drug-likeness (QED) is 0.182. The number of allylic oxidation sites excluding steroid dienone is 4. The smallest absolute Gasteiger partial charge is 0.187 e. The molecule has 2 saturated heterocycles. The van der Waals surface area contributed by atoms with Crippen LogP contribution in [-0.2, 0) is 19.1 Å². The fourth-order valence-corrected chi connectivity index (χ4v) is 11.0. The number of nitrogens with two attached hydrogens (primary N) is 1. The van der Waals surface area contributed by atoms with E-state index in [4.69, 9.17) is 15.2 Å². The maximum atomic E-state index is 14.3. The number of nitrogens with one attached hydrogen (secondary N) is 1. The second-order valence-electron chi connectivity index (χ2n) is 16.5. The molecule has 7 rings (SSSR count). The molecule has 2 aliphatic heterocycles. The van der Waals surface area contributed by atoms with Crippen LogP contribution in [0.2, 0.25) is 0 Å². The van der Waals surface area contributed by atoms with E-state index in [1.165, 1.54) is 0 Å². The zero-order chi connectivity index (χ0) is 34.7. The first-order chi connectivity index (χ1) is 23.5. The van der Waals surface area contributed by atoms with Crippen LogP contribution >= 0.6 is 0 Å². The van der Waals surface area contributed by atoms with Crippen LogP contribution in [0.3, 0.4) is 0 Å². The van der Waals surface area contributed by atoms with Gasteiger partial charge in [-0.15, -0.1) is 0 Å². The highest BCUT2D eigenvalue weighted by Gasteiger charge is 2.68. The van der Waals surface area contributed by atoms with Crippen molar-refractivity contribution in [3.8, 4) is 0 Å². The average molecular weight is 689 g/mol. The monoisotopic (exact) mass is 688 g/mol. The molecule has 49 heavy (non-hydrogen) atoms. The van der Waals surface area contributed by atoms with Crippen molar-refractivity contribution in [2.75, 3.05) is 19.8 Å². The molecule has 0 spiro atoms. The van der Waals surface area contributed by atoms with Crippen LogP contribution < -0.4 is 11.1 Å². The lowest BCUT2D eigenvalue weighted by Gasteiger charge is -2.60. The van der Waals surface area contributed by atoms with Crippen molar-refractivity contribution in [2.24, 2.45) is 53.1 Å². The number of carbonyl (C=O) groups is 2. The molecule has 9 N–H and O–H groups in total. The van der Waals surface area contributed by atoms with Gasteiger partial charge in [-0.05, 0) is 106 Å². The first-order valence-corrected chi connectivity index (χ1v) is 18.8. The van der Waals surface area contributed by atoms with E-state index in [1.807, 2.05) is 6.08 Å². The van der Waals surface area contributed by atoms with Crippen molar-refractivity contribution in [1.29, 1.82) is 0 Å². The third-order valence-electron chi connectivity index (χ3n) is 13.6. The molecule has 5 aliphatic carbocycles. The van der Waals surface area contributed by atoms with Crippen molar-refractivity contribution in [3.63, 3.8) is 0 Å². The number of aliphatic hydroxyl groups excluding tert-OH is 5. The van der Waals surface area contributed by atoms with Crippen molar-refractivity contribution in [2.45, 2.75) is 125 Å². The molecule has 7 unspecified atom stereocenters. The summed E-state index contributed by atoms with van der Waals surface area (Å²) in [4.78, 5) is 28.4. The Morgan fingerprint density at radius 3 is 2.51 bits per heavy atom. The molecule has 7 aliphatic rings. The predicted octanol–water partition coefficient (Wildman–Crippen LogP) is 1.37. The minimum atomic E-state index is -2.04. The Morgan fingerprint density at radius 2 is 1.76 bits per heavy atom. The number of Topliss-reactive ketones (excluding diaryl/α,β-unsaturated/α-hetero) is 2. The SMILES string of the molecule is NC1CC(C[C@@H]2CC[C@]3(CO)O[C@H](OC4CCCC5C(=O)[C@@H]6C=C(CC7CCCC(CO)C7)C=C(O)[C@H]6C(=O)C45)[C@H](O)[C@]2(O)[C@@H]3O)CCN1. The summed E-state index contributed by atoms with van der Waals surface area (Å²) in [5.74, 6) is -3.45. The number of hydrogen-bond donors (Lipinski definition) is 8. The molecule has 2 bridgehead atoms. The summed E-state index contributed by atoms with van der Waals surface area (Å²) >= 11 is 0. The summed E-state index contributed by atoms with van der Waals surface area (Å²) in [7, 11) is 0. The molecule has 12 heteroatoms. The van der Waals surface area contributed by atoms with E-state index < -0.39 is 72.0 Å². The van der Waals surface area contributed by atoms with Gasteiger partial charge in [0.2, 0.25) is 0 Å². The topological polar surface area (TPSA) is 212 Å². The van der Waals surface area contributed by atoms with Gasteiger partial charge in [0, 0.05) is 12.5 Å². The molecule has 12 nitrogen and oxygen atoms in total. The molecule has 4 saturated carbocycles. The molecule has 0 aromatic rings. The predicted molar refractivity (Wildman–Crippen MR) is 176 cm³/mol. The summed E-state index contributed by atoms with van der Waals surface area (Å²) in [5, 5.41) is 70.0. The van der Waals surface area contributed by atoms with Crippen LogP contribution in [0.25, 0.3) is 0 Å². The molecule has 0 radical (unpaired) electrons. The van der Waals surface area contributed by atoms with Crippen LogP contribution in [0.1, 0.15) is 83.5 Å². The largest absolute Gasteiger partial charge is 0.512 e. The summed E-state index contributed by atoms with van der Waals surface area (Å²) in [5.41, 5.74) is 3.40. The van der Waals surface area contributed by atoms with Gasteiger partial charge in [-0.2, -0.15) is 0 Å². The van der Waals surface area contributed by atoms with E-state index in [0.717, 1.165) is 44.2 Å². The Labute approximate surface area is 288 Å². The second kappa shape index (κ2) is 14.0. The lowest BCUT2D eigenvalue weighted by Crippen LogP contribution is -2.77. The van der Waals surface area contributed by atoms with Gasteiger partial charge in [-0.3, -0.25) is 9.59 Å². The van der Waals surface area contributed by atoms with Crippen LogP contribution in [0.15, 0.2) is 23.5 Å². The lowest BCUT2D eigenvalue weighted by molar-refractivity contribution is -0.398. The zero-order valence-corrected chi connectivity index (χ0v) is 28.4. The number of ether oxygens (including phenoxy) is 2. The van der Waals surface area contributed by atoms with Gasteiger partial charge in [0.05, 0.1) is 36.6 Å². The molecule has 2 heterocycles. The number of fused-ring (bicyclic) bond motifs is 4. The van der Waals surface area contributed by atoms with Crippen LogP contribution in [0.5, 0.6) is 0 Å². The first kappa shape index (κ1) is 35.7. The number of aliphatic hydroxyl groups is 6. The number of carbonyl (C=O) groups excluding carboxylic acids is 2. The Balaban J connectivity index is 1.09.